The molecule has 6 nitrogen and oxygen atoms in total. The molecule has 0 aliphatic rings. The maximum atomic E-state index is 12.1. The van der Waals surface area contributed by atoms with Crippen molar-refractivity contribution in [1.82, 2.24) is 4.72 Å². The Morgan fingerprint density at radius 1 is 1.00 bits per heavy atom. The summed E-state index contributed by atoms with van der Waals surface area (Å²) in [6, 6.07) is 12.7. The van der Waals surface area contributed by atoms with E-state index in [2.05, 4.69) is 0 Å². The van der Waals surface area contributed by atoms with Crippen LogP contribution in [0.2, 0.25) is 0 Å². The quantitative estimate of drug-likeness (QED) is 0.870. The molecule has 0 heterocycles. The average molecular weight is 335 g/mol. The van der Waals surface area contributed by atoms with Crippen LogP contribution in [-0.4, -0.2) is 28.5 Å². The number of sulfonamides is 1. The van der Waals surface area contributed by atoms with E-state index >= 15 is 0 Å². The number of hydrogen-bond acceptors (Lipinski definition) is 5. The first kappa shape index (κ1) is 16.8. The van der Waals surface area contributed by atoms with Crippen molar-refractivity contribution < 1.29 is 22.7 Å². The van der Waals surface area contributed by atoms with Gasteiger partial charge in [0.05, 0.1) is 25.5 Å². The second-order valence-corrected chi connectivity index (χ2v) is 6.39. The molecule has 2 aromatic rings. The van der Waals surface area contributed by atoms with Crippen LogP contribution in [0.15, 0.2) is 53.4 Å². The van der Waals surface area contributed by atoms with Gasteiger partial charge in [-0.15, -0.1) is 0 Å². The van der Waals surface area contributed by atoms with Crippen molar-refractivity contribution in [2.45, 2.75) is 11.3 Å². The highest BCUT2D eigenvalue weighted by atomic mass is 32.2. The van der Waals surface area contributed by atoms with Gasteiger partial charge in [0.1, 0.15) is 0 Å². The summed E-state index contributed by atoms with van der Waals surface area (Å²) in [5, 5.41) is 0. The van der Waals surface area contributed by atoms with E-state index in [-0.39, 0.29) is 11.3 Å². The molecule has 7 heteroatoms. The third-order valence-electron chi connectivity index (χ3n) is 3.11. The van der Waals surface area contributed by atoms with Gasteiger partial charge in [-0.2, -0.15) is 0 Å². The van der Waals surface area contributed by atoms with Gasteiger partial charge in [0.25, 0.3) is 10.0 Å². The molecule has 0 atom stereocenters. The molecule has 0 unspecified atom stereocenters. The number of methoxy groups -OCH3 is 2. The minimum absolute atomic E-state index is 0.0423. The van der Waals surface area contributed by atoms with Gasteiger partial charge in [0.15, 0.2) is 11.5 Å². The maximum Gasteiger partial charge on any atom is 0.264 e. The van der Waals surface area contributed by atoms with Gasteiger partial charge in [0, 0.05) is 0 Å². The van der Waals surface area contributed by atoms with Crippen LogP contribution in [0.25, 0.3) is 0 Å². The largest absolute Gasteiger partial charge is 0.493 e. The van der Waals surface area contributed by atoms with Crippen LogP contribution in [0.3, 0.4) is 0 Å². The molecular weight excluding hydrogens is 318 g/mol. The van der Waals surface area contributed by atoms with Crippen molar-refractivity contribution in [2.75, 3.05) is 14.2 Å². The molecule has 0 saturated heterocycles. The van der Waals surface area contributed by atoms with Crippen molar-refractivity contribution in [1.29, 1.82) is 0 Å². The molecule has 0 bridgehead atoms. The summed E-state index contributed by atoms with van der Waals surface area (Å²) in [5.74, 6) is 0.387. The number of benzene rings is 2. The maximum absolute atomic E-state index is 12.1. The minimum Gasteiger partial charge on any atom is -0.493 e. The van der Waals surface area contributed by atoms with Gasteiger partial charge in [-0.3, -0.25) is 4.79 Å². The van der Waals surface area contributed by atoms with E-state index in [4.69, 9.17) is 9.47 Å². The lowest BCUT2D eigenvalue weighted by molar-refractivity contribution is -0.118. The molecule has 0 radical (unpaired) electrons. The van der Waals surface area contributed by atoms with Gasteiger partial charge in [-0.1, -0.05) is 24.3 Å². The summed E-state index contributed by atoms with van der Waals surface area (Å²) < 4.78 is 36.5. The van der Waals surface area contributed by atoms with Crippen molar-refractivity contribution in [2.24, 2.45) is 0 Å². The Bertz CT molecular complexity index is 787. The predicted octanol–water partition coefficient (Wildman–Crippen LogP) is 1.75. The van der Waals surface area contributed by atoms with E-state index in [1.165, 1.54) is 26.4 Å². The Balaban J connectivity index is 2.11. The van der Waals surface area contributed by atoms with Gasteiger partial charge < -0.3 is 9.47 Å². The lowest BCUT2D eigenvalue weighted by Gasteiger charge is -2.10. The number of carbonyl (C=O) groups excluding carboxylic acids is 1. The smallest absolute Gasteiger partial charge is 0.264 e. The zero-order valence-electron chi connectivity index (χ0n) is 12.8. The van der Waals surface area contributed by atoms with Crippen LogP contribution in [0, 0.1) is 0 Å². The molecule has 2 aromatic carbocycles. The topological polar surface area (TPSA) is 81.7 Å². The molecule has 0 spiro atoms. The molecule has 1 amide bonds. The highest BCUT2D eigenvalue weighted by Gasteiger charge is 2.17. The van der Waals surface area contributed by atoms with Crippen molar-refractivity contribution in [3.05, 3.63) is 54.1 Å². The van der Waals surface area contributed by atoms with E-state index in [1.807, 2.05) is 4.72 Å². The molecule has 2 rings (SSSR count). The Morgan fingerprint density at radius 3 is 2.26 bits per heavy atom. The number of amides is 1. The Morgan fingerprint density at radius 2 is 1.65 bits per heavy atom. The monoisotopic (exact) mass is 335 g/mol. The van der Waals surface area contributed by atoms with Gasteiger partial charge in [-0.05, 0) is 29.8 Å². The summed E-state index contributed by atoms with van der Waals surface area (Å²) in [4.78, 5) is 12.0. The van der Waals surface area contributed by atoms with Crippen LogP contribution in [0.5, 0.6) is 11.5 Å². The molecule has 0 saturated carbocycles. The molecule has 122 valence electrons. The summed E-state index contributed by atoms with van der Waals surface area (Å²) in [6.45, 7) is 0. The van der Waals surface area contributed by atoms with Crippen molar-refractivity contribution in [3.8, 4) is 11.5 Å². The van der Waals surface area contributed by atoms with Crippen LogP contribution in [-0.2, 0) is 21.2 Å². The number of ether oxygens (including phenoxy) is 2. The van der Waals surface area contributed by atoms with Crippen LogP contribution in [0.4, 0.5) is 0 Å². The third kappa shape index (κ3) is 4.23. The minimum atomic E-state index is -3.86. The van der Waals surface area contributed by atoms with Gasteiger partial charge in [0.2, 0.25) is 5.91 Å². The normalized spacial score (nSPS) is 10.9. The molecule has 0 aliphatic heterocycles. The van der Waals surface area contributed by atoms with Crippen LogP contribution < -0.4 is 14.2 Å². The lowest BCUT2D eigenvalue weighted by atomic mass is 10.1. The zero-order chi connectivity index (χ0) is 16.9. The highest BCUT2D eigenvalue weighted by molar-refractivity contribution is 7.90. The fourth-order valence-electron chi connectivity index (χ4n) is 2.02. The Hall–Kier alpha value is -2.54. The lowest BCUT2D eigenvalue weighted by Crippen LogP contribution is -2.31. The first-order valence-corrected chi connectivity index (χ1v) is 8.26. The van der Waals surface area contributed by atoms with E-state index < -0.39 is 15.9 Å². The van der Waals surface area contributed by atoms with E-state index in [1.54, 1.807) is 36.4 Å². The fraction of sp³-hybridized carbons (Fsp3) is 0.188. The molecule has 0 aromatic heterocycles. The predicted molar refractivity (Wildman–Crippen MR) is 85.0 cm³/mol. The second kappa shape index (κ2) is 7.15. The fourth-order valence-corrected chi connectivity index (χ4v) is 3.03. The molecule has 23 heavy (non-hydrogen) atoms. The number of carbonyl (C=O) groups is 1. The first-order valence-electron chi connectivity index (χ1n) is 6.78. The summed E-state index contributed by atoms with van der Waals surface area (Å²) in [6.07, 6.45) is -0.0909. The Kier molecular flexibility index (Phi) is 5.23. The standard InChI is InChI=1S/C16H17NO5S/c1-21-14-9-8-12(10-15(14)22-2)11-16(18)17-23(19,20)13-6-4-3-5-7-13/h3-10H,11H2,1-2H3,(H,17,18). The molecule has 1 N–H and O–H groups in total. The van der Waals surface area contributed by atoms with Crippen LogP contribution >= 0.6 is 0 Å². The van der Waals surface area contributed by atoms with Gasteiger partial charge in [-0.25, -0.2) is 13.1 Å². The summed E-state index contributed by atoms with van der Waals surface area (Å²) in [5.41, 5.74) is 0.614. The second-order valence-electron chi connectivity index (χ2n) is 4.71. The van der Waals surface area contributed by atoms with Crippen molar-refractivity contribution >= 4 is 15.9 Å². The Labute approximate surface area is 135 Å². The van der Waals surface area contributed by atoms with E-state index in [0.29, 0.717) is 17.1 Å². The average Bonchev–Trinajstić information content (AvgIpc) is 2.55. The third-order valence-corrected chi connectivity index (χ3v) is 4.50. The molecular formula is C16H17NO5S. The SMILES string of the molecule is COc1ccc(CC(=O)NS(=O)(=O)c2ccccc2)cc1OC. The highest BCUT2D eigenvalue weighted by Crippen LogP contribution is 2.27. The first-order chi connectivity index (χ1) is 11.0. The number of nitrogens with one attached hydrogen (secondary N) is 1. The molecule has 0 aliphatic carbocycles. The summed E-state index contributed by atoms with van der Waals surface area (Å²) >= 11 is 0. The van der Waals surface area contributed by atoms with E-state index in [9.17, 15) is 13.2 Å². The summed E-state index contributed by atoms with van der Waals surface area (Å²) in [7, 11) is -0.865. The zero-order valence-corrected chi connectivity index (χ0v) is 13.6. The number of hydrogen-bond donors (Lipinski definition) is 1. The van der Waals surface area contributed by atoms with Crippen molar-refractivity contribution in [3.63, 3.8) is 0 Å². The van der Waals surface area contributed by atoms with Crippen LogP contribution in [0.1, 0.15) is 5.56 Å². The van der Waals surface area contributed by atoms with E-state index in [0.717, 1.165) is 0 Å². The number of rotatable bonds is 6. The van der Waals surface area contributed by atoms with Gasteiger partial charge >= 0.3 is 0 Å². The molecule has 0 fully saturated rings.